The number of rotatable bonds is 6. The maximum absolute atomic E-state index is 13.3. The van der Waals surface area contributed by atoms with E-state index >= 15 is 0 Å². The van der Waals surface area contributed by atoms with E-state index in [9.17, 15) is 19.8 Å². The number of phenolic OH excluding ortho intramolecular Hbond substituents is 2. The lowest BCUT2D eigenvalue weighted by atomic mass is 9.86. The van der Waals surface area contributed by atoms with Crippen LogP contribution in [0.1, 0.15) is 23.5 Å². The normalized spacial score (nSPS) is 11.9. The summed E-state index contributed by atoms with van der Waals surface area (Å²) in [5, 5.41) is 20.6. The van der Waals surface area contributed by atoms with Crippen LogP contribution >= 0.6 is 11.8 Å². The average molecular weight is 463 g/mol. The van der Waals surface area contributed by atoms with Crippen LogP contribution in [0.25, 0.3) is 22.1 Å². The van der Waals surface area contributed by atoms with Crippen molar-refractivity contribution in [3.63, 3.8) is 0 Å². The van der Waals surface area contributed by atoms with Gasteiger partial charge in [0, 0.05) is 16.4 Å². The summed E-state index contributed by atoms with van der Waals surface area (Å²) in [6, 6.07) is 16.8. The highest BCUT2D eigenvalue weighted by Crippen LogP contribution is 2.39. The summed E-state index contributed by atoms with van der Waals surface area (Å²) in [7, 11) is 1.31. The molecule has 33 heavy (non-hydrogen) atoms. The largest absolute Gasteiger partial charge is 0.508 e. The first-order valence-corrected chi connectivity index (χ1v) is 11.4. The third-order valence-electron chi connectivity index (χ3n) is 5.60. The summed E-state index contributed by atoms with van der Waals surface area (Å²) in [6.45, 7) is 0. The minimum Gasteiger partial charge on any atom is -0.508 e. The zero-order valence-corrected chi connectivity index (χ0v) is 18.9. The minimum absolute atomic E-state index is 0.0365. The van der Waals surface area contributed by atoms with Crippen molar-refractivity contribution < 1.29 is 24.2 Å². The molecule has 4 aromatic rings. The zero-order chi connectivity index (χ0) is 23.5. The van der Waals surface area contributed by atoms with Gasteiger partial charge in [0.15, 0.2) is 0 Å². The van der Waals surface area contributed by atoms with Gasteiger partial charge in [-0.2, -0.15) is 0 Å². The van der Waals surface area contributed by atoms with E-state index in [1.54, 1.807) is 23.9 Å². The predicted molar refractivity (Wildman–Crippen MR) is 128 cm³/mol. The van der Waals surface area contributed by atoms with Gasteiger partial charge in [-0.25, -0.2) is 0 Å². The molecule has 0 saturated heterocycles. The van der Waals surface area contributed by atoms with Crippen LogP contribution in [0.4, 0.5) is 0 Å². The molecule has 0 saturated carbocycles. The molecule has 0 aliphatic carbocycles. The number of esters is 1. The number of phenols is 2. The lowest BCUT2D eigenvalue weighted by Crippen LogP contribution is -2.12. The number of fused-ring (bicyclic) bond motifs is 1. The Labute approximate surface area is 194 Å². The van der Waals surface area contributed by atoms with Crippen molar-refractivity contribution >= 4 is 28.7 Å². The molecular weight excluding hydrogens is 440 g/mol. The van der Waals surface area contributed by atoms with Crippen molar-refractivity contribution in [3.8, 4) is 22.6 Å². The van der Waals surface area contributed by atoms with E-state index in [1.165, 1.54) is 37.6 Å². The van der Waals surface area contributed by atoms with Gasteiger partial charge in [-0.3, -0.25) is 9.59 Å². The monoisotopic (exact) mass is 462 g/mol. The molecule has 1 unspecified atom stereocenters. The number of methoxy groups -OCH3 is 1. The Balaban J connectivity index is 1.91. The second kappa shape index (κ2) is 9.42. The first kappa shape index (κ1) is 22.5. The van der Waals surface area contributed by atoms with E-state index in [0.29, 0.717) is 16.7 Å². The first-order chi connectivity index (χ1) is 15.9. The number of ether oxygens (including phenoxy) is 1. The molecular formula is C26H22O6S. The van der Waals surface area contributed by atoms with Crippen LogP contribution in [0.3, 0.4) is 0 Å². The highest BCUT2D eigenvalue weighted by molar-refractivity contribution is 7.98. The van der Waals surface area contributed by atoms with E-state index in [2.05, 4.69) is 0 Å². The Morgan fingerprint density at radius 2 is 1.73 bits per heavy atom. The molecule has 7 heteroatoms. The summed E-state index contributed by atoms with van der Waals surface area (Å²) in [4.78, 5) is 26.6. The third kappa shape index (κ3) is 4.45. The third-order valence-corrected chi connectivity index (χ3v) is 6.34. The summed E-state index contributed by atoms with van der Waals surface area (Å²) < 4.78 is 10.8. The fourth-order valence-corrected chi connectivity index (χ4v) is 4.27. The van der Waals surface area contributed by atoms with Crippen molar-refractivity contribution in [3.05, 3.63) is 88.3 Å². The van der Waals surface area contributed by atoms with Gasteiger partial charge in [0.05, 0.1) is 24.5 Å². The van der Waals surface area contributed by atoms with Crippen LogP contribution in [0, 0.1) is 0 Å². The highest BCUT2D eigenvalue weighted by atomic mass is 32.2. The number of thioether (sulfide) groups is 1. The highest BCUT2D eigenvalue weighted by Gasteiger charge is 2.26. The number of aromatic hydroxyl groups is 2. The fourth-order valence-electron chi connectivity index (χ4n) is 3.86. The Kier molecular flexibility index (Phi) is 6.42. The molecule has 4 rings (SSSR count). The van der Waals surface area contributed by atoms with Gasteiger partial charge in [0.1, 0.15) is 23.3 Å². The molecule has 0 fully saturated rings. The van der Waals surface area contributed by atoms with E-state index < -0.39 is 11.9 Å². The fraction of sp³-hybridized carbons (Fsp3) is 0.154. The number of benzene rings is 3. The van der Waals surface area contributed by atoms with E-state index in [1.807, 2.05) is 30.5 Å². The second-order valence-corrected chi connectivity index (χ2v) is 8.39. The molecule has 0 aliphatic rings. The maximum Gasteiger partial charge on any atom is 0.306 e. The molecule has 1 atom stereocenters. The van der Waals surface area contributed by atoms with E-state index in [0.717, 1.165) is 10.5 Å². The van der Waals surface area contributed by atoms with Gasteiger partial charge in [0.25, 0.3) is 0 Å². The van der Waals surface area contributed by atoms with Crippen LogP contribution in [0.5, 0.6) is 11.5 Å². The van der Waals surface area contributed by atoms with Crippen molar-refractivity contribution in [2.75, 3.05) is 13.4 Å². The summed E-state index contributed by atoms with van der Waals surface area (Å²) in [6.07, 6.45) is 3.27. The summed E-state index contributed by atoms with van der Waals surface area (Å²) in [5.41, 5.74) is 1.99. The van der Waals surface area contributed by atoms with Crippen LogP contribution in [0.15, 0.2) is 81.0 Å². The molecule has 1 heterocycles. The molecule has 3 aromatic carbocycles. The summed E-state index contributed by atoms with van der Waals surface area (Å²) in [5.74, 6) is -1.02. The van der Waals surface area contributed by atoms with Crippen molar-refractivity contribution in [1.82, 2.24) is 0 Å². The molecule has 6 nitrogen and oxygen atoms in total. The predicted octanol–water partition coefficient (Wildman–Crippen LogP) is 5.29. The lowest BCUT2D eigenvalue weighted by molar-refractivity contribution is -0.140. The van der Waals surface area contributed by atoms with Crippen LogP contribution < -0.4 is 5.43 Å². The van der Waals surface area contributed by atoms with Gasteiger partial charge in [0.2, 0.25) is 5.43 Å². The smallest absolute Gasteiger partial charge is 0.306 e. The SMILES string of the molecule is COC(=O)CC(c1ccc(SC)cc1)c1c(O)ccc2c(=O)c(-c3ccc(O)cc3)coc12. The number of hydrogen-bond donors (Lipinski definition) is 2. The van der Waals surface area contributed by atoms with Crippen molar-refractivity contribution in [1.29, 1.82) is 0 Å². The maximum atomic E-state index is 13.3. The van der Waals surface area contributed by atoms with E-state index in [-0.39, 0.29) is 34.3 Å². The molecule has 168 valence electrons. The number of carbonyl (C=O) groups is 1. The van der Waals surface area contributed by atoms with Crippen molar-refractivity contribution in [2.45, 2.75) is 17.2 Å². The van der Waals surface area contributed by atoms with Gasteiger partial charge < -0.3 is 19.4 Å². The van der Waals surface area contributed by atoms with Crippen LogP contribution in [0.2, 0.25) is 0 Å². The van der Waals surface area contributed by atoms with Gasteiger partial charge in [-0.1, -0.05) is 24.3 Å². The minimum atomic E-state index is -0.584. The molecule has 0 spiro atoms. The lowest BCUT2D eigenvalue weighted by Gasteiger charge is -2.20. The second-order valence-electron chi connectivity index (χ2n) is 7.51. The molecule has 0 bridgehead atoms. The Bertz CT molecular complexity index is 1360. The Morgan fingerprint density at radius 1 is 1.03 bits per heavy atom. The molecule has 2 N–H and O–H groups in total. The Hall–Kier alpha value is -3.71. The van der Waals surface area contributed by atoms with Gasteiger partial charge in [-0.15, -0.1) is 11.8 Å². The quantitative estimate of drug-likeness (QED) is 0.297. The standard InChI is InChI=1S/C26H22O6S/c1-31-23(29)13-20(15-5-9-18(33-2)10-6-15)24-22(28)12-11-19-25(30)21(14-32-26(19)24)16-3-7-17(27)8-4-16/h3-12,14,20,27-28H,13H2,1-2H3. The number of carbonyl (C=O) groups excluding carboxylic acids is 1. The van der Waals surface area contributed by atoms with Gasteiger partial charge in [-0.05, 0) is 53.8 Å². The molecule has 0 amide bonds. The molecule has 0 radical (unpaired) electrons. The Morgan fingerprint density at radius 3 is 2.36 bits per heavy atom. The molecule has 1 aromatic heterocycles. The average Bonchev–Trinajstić information content (AvgIpc) is 2.84. The van der Waals surface area contributed by atoms with Crippen LogP contribution in [-0.4, -0.2) is 29.5 Å². The van der Waals surface area contributed by atoms with Crippen molar-refractivity contribution in [2.24, 2.45) is 0 Å². The topological polar surface area (TPSA) is 97.0 Å². The molecule has 0 aliphatic heterocycles. The van der Waals surface area contributed by atoms with E-state index in [4.69, 9.17) is 9.15 Å². The van der Waals surface area contributed by atoms with Gasteiger partial charge >= 0.3 is 5.97 Å². The van der Waals surface area contributed by atoms with Crippen LogP contribution in [-0.2, 0) is 9.53 Å². The number of hydrogen-bond acceptors (Lipinski definition) is 7. The summed E-state index contributed by atoms with van der Waals surface area (Å²) >= 11 is 1.59. The zero-order valence-electron chi connectivity index (χ0n) is 18.1. The first-order valence-electron chi connectivity index (χ1n) is 10.2.